The molecule has 27 heavy (non-hydrogen) atoms. The minimum atomic E-state index is -4.92. The highest BCUT2D eigenvalue weighted by Crippen LogP contribution is 2.40. The summed E-state index contributed by atoms with van der Waals surface area (Å²) in [5.74, 6) is -2.54. The molecule has 0 bridgehead atoms. The number of halogens is 3. The molecule has 0 aromatic heterocycles. The van der Waals surface area contributed by atoms with Crippen LogP contribution in [0.15, 0.2) is 46.9 Å². The molecule has 1 unspecified atom stereocenters. The zero-order valence-electron chi connectivity index (χ0n) is 14.7. The van der Waals surface area contributed by atoms with Crippen molar-refractivity contribution in [1.82, 2.24) is 5.32 Å². The van der Waals surface area contributed by atoms with Crippen LogP contribution in [0.1, 0.15) is 32.3 Å². The molecule has 1 aromatic rings. The lowest BCUT2D eigenvalue weighted by molar-refractivity contribution is -0.431. The molecule has 1 N–H and O–H groups in total. The number of rotatable bonds is 5. The highest BCUT2D eigenvalue weighted by Gasteiger charge is 2.41. The summed E-state index contributed by atoms with van der Waals surface area (Å²) in [5, 5.41) is 14.4. The molecule has 0 fully saturated rings. The van der Waals surface area contributed by atoms with Crippen molar-refractivity contribution in [3.63, 3.8) is 0 Å². The number of nitro groups is 1. The molecule has 10 heteroatoms. The van der Waals surface area contributed by atoms with Crippen LogP contribution in [0.25, 0.3) is 0 Å². The van der Waals surface area contributed by atoms with E-state index in [0.717, 1.165) is 12.1 Å². The van der Waals surface area contributed by atoms with E-state index in [1.165, 1.54) is 26.0 Å². The summed E-state index contributed by atoms with van der Waals surface area (Å²) in [6, 6.07) is 4.75. The van der Waals surface area contributed by atoms with E-state index >= 15 is 0 Å². The minimum absolute atomic E-state index is 0.0377. The summed E-state index contributed by atoms with van der Waals surface area (Å²) in [4.78, 5) is 23.4. The third kappa shape index (κ3) is 4.57. The van der Waals surface area contributed by atoms with Gasteiger partial charge in [0.2, 0.25) is 0 Å². The second-order valence-corrected chi connectivity index (χ2v) is 5.70. The Kier molecular flexibility index (Phi) is 5.77. The van der Waals surface area contributed by atoms with E-state index in [0.29, 0.717) is 5.70 Å². The molecule has 1 heterocycles. The first-order valence-corrected chi connectivity index (χ1v) is 7.91. The van der Waals surface area contributed by atoms with Crippen molar-refractivity contribution in [2.24, 2.45) is 0 Å². The van der Waals surface area contributed by atoms with E-state index in [1.54, 1.807) is 6.92 Å². The van der Waals surface area contributed by atoms with Gasteiger partial charge in [-0.2, -0.15) is 0 Å². The molecule has 0 saturated heterocycles. The fraction of sp³-hybridized carbons (Fsp3) is 0.353. The van der Waals surface area contributed by atoms with Crippen LogP contribution in [0.3, 0.4) is 0 Å². The minimum Gasteiger partial charge on any atom is -0.463 e. The van der Waals surface area contributed by atoms with E-state index in [9.17, 15) is 28.1 Å². The lowest BCUT2D eigenvalue weighted by Crippen LogP contribution is -2.31. The molecule has 0 amide bonds. The number of carbonyl (C=O) groups excluding carboxylic acids is 1. The van der Waals surface area contributed by atoms with Crippen LogP contribution < -0.4 is 10.1 Å². The Labute approximate surface area is 152 Å². The second kappa shape index (κ2) is 7.68. The van der Waals surface area contributed by atoms with Gasteiger partial charge in [0.25, 0.3) is 5.70 Å². The Morgan fingerprint density at radius 1 is 1.30 bits per heavy atom. The Bertz CT molecular complexity index is 830. The van der Waals surface area contributed by atoms with Crippen LogP contribution in [0.2, 0.25) is 0 Å². The van der Waals surface area contributed by atoms with Gasteiger partial charge < -0.3 is 14.8 Å². The largest absolute Gasteiger partial charge is 0.573 e. The molecule has 1 aromatic carbocycles. The van der Waals surface area contributed by atoms with E-state index < -0.39 is 28.9 Å². The smallest absolute Gasteiger partial charge is 0.463 e. The fourth-order valence-corrected chi connectivity index (χ4v) is 2.92. The topological polar surface area (TPSA) is 90.7 Å². The first-order valence-electron chi connectivity index (χ1n) is 7.91. The Morgan fingerprint density at radius 3 is 2.52 bits per heavy atom. The molecule has 146 valence electrons. The Morgan fingerprint density at radius 2 is 1.96 bits per heavy atom. The van der Waals surface area contributed by atoms with Crippen molar-refractivity contribution in [3.05, 3.63) is 62.6 Å². The van der Waals surface area contributed by atoms with E-state index in [1.807, 2.05) is 0 Å². The van der Waals surface area contributed by atoms with E-state index in [4.69, 9.17) is 4.74 Å². The number of dihydropyridines is 1. The maximum Gasteiger partial charge on any atom is 0.573 e. The molecular weight excluding hydrogens is 369 g/mol. The van der Waals surface area contributed by atoms with Gasteiger partial charge in [0.15, 0.2) is 0 Å². The molecule has 2 rings (SSSR count). The van der Waals surface area contributed by atoms with E-state index in [2.05, 4.69) is 10.1 Å². The molecule has 1 atom stereocenters. The zero-order chi connectivity index (χ0) is 20.4. The Hall–Kier alpha value is -3.04. The number of benzene rings is 1. The van der Waals surface area contributed by atoms with Gasteiger partial charge in [-0.3, -0.25) is 10.1 Å². The predicted octanol–water partition coefficient (Wildman–Crippen LogP) is 3.62. The summed E-state index contributed by atoms with van der Waals surface area (Å²) in [7, 11) is 0. The quantitative estimate of drug-likeness (QED) is 0.472. The maximum atomic E-state index is 12.5. The van der Waals surface area contributed by atoms with Gasteiger partial charge in [0.05, 0.1) is 22.8 Å². The number of nitrogens with zero attached hydrogens (tertiary/aromatic N) is 1. The van der Waals surface area contributed by atoms with Gasteiger partial charge in [-0.1, -0.05) is 12.1 Å². The third-order valence-corrected chi connectivity index (χ3v) is 3.84. The number of ether oxygens (including phenoxy) is 2. The van der Waals surface area contributed by atoms with Crippen molar-refractivity contribution in [3.8, 4) is 5.75 Å². The van der Waals surface area contributed by atoms with Crippen molar-refractivity contribution in [2.45, 2.75) is 33.1 Å². The van der Waals surface area contributed by atoms with Gasteiger partial charge in [-0.05, 0) is 38.5 Å². The lowest BCUT2D eigenvalue weighted by Gasteiger charge is -2.26. The summed E-state index contributed by atoms with van der Waals surface area (Å²) < 4.78 is 46.4. The average molecular weight is 386 g/mol. The second-order valence-electron chi connectivity index (χ2n) is 5.70. The van der Waals surface area contributed by atoms with Crippen molar-refractivity contribution in [2.75, 3.05) is 6.61 Å². The summed E-state index contributed by atoms with van der Waals surface area (Å²) in [6.45, 7) is 4.60. The molecule has 0 radical (unpaired) electrons. The van der Waals surface area contributed by atoms with Crippen LogP contribution in [-0.2, 0) is 9.53 Å². The van der Waals surface area contributed by atoms with E-state index in [-0.39, 0.29) is 29.1 Å². The van der Waals surface area contributed by atoms with Gasteiger partial charge in [0.1, 0.15) is 11.7 Å². The average Bonchev–Trinajstić information content (AvgIpc) is 2.52. The molecule has 0 spiro atoms. The number of hydrogen-bond donors (Lipinski definition) is 1. The Balaban J connectivity index is 2.62. The first kappa shape index (κ1) is 20.3. The summed E-state index contributed by atoms with van der Waals surface area (Å²) in [6.07, 6.45) is -4.92. The highest BCUT2D eigenvalue weighted by molar-refractivity contribution is 5.92. The number of alkyl halides is 3. The van der Waals surface area contributed by atoms with Gasteiger partial charge in [-0.15, -0.1) is 13.2 Å². The van der Waals surface area contributed by atoms with Gasteiger partial charge in [0, 0.05) is 5.70 Å². The monoisotopic (exact) mass is 386 g/mol. The standard InChI is InChI=1S/C17H17F3N2O5/c1-4-26-16(23)13-9(2)21-10(3)15(22(24)25)14(13)11-6-5-7-12(8-11)27-17(18,19)20/h5-8,14,21H,4H2,1-3H3. The molecule has 0 saturated carbocycles. The molecule has 1 aliphatic heterocycles. The van der Waals surface area contributed by atoms with Crippen LogP contribution in [0.4, 0.5) is 13.2 Å². The number of nitrogens with one attached hydrogen (secondary N) is 1. The molecular formula is C17H17F3N2O5. The van der Waals surface area contributed by atoms with Crippen LogP contribution in [0, 0.1) is 10.1 Å². The summed E-state index contributed by atoms with van der Waals surface area (Å²) >= 11 is 0. The lowest BCUT2D eigenvalue weighted by atomic mass is 9.84. The number of carbonyl (C=O) groups is 1. The SMILES string of the molecule is CCOC(=O)C1=C(C)NC(C)=C([N+](=O)[O-])C1c1cccc(OC(F)(F)F)c1. The zero-order valence-corrected chi connectivity index (χ0v) is 14.7. The van der Waals surface area contributed by atoms with Crippen LogP contribution in [-0.4, -0.2) is 23.9 Å². The molecule has 0 aliphatic carbocycles. The number of hydrogen-bond acceptors (Lipinski definition) is 6. The van der Waals surface area contributed by atoms with Crippen LogP contribution >= 0.6 is 0 Å². The third-order valence-electron chi connectivity index (χ3n) is 3.84. The van der Waals surface area contributed by atoms with Gasteiger partial charge >= 0.3 is 12.3 Å². The summed E-state index contributed by atoms with van der Waals surface area (Å²) in [5.41, 5.74) is 0.208. The number of allylic oxidation sites excluding steroid dienone is 3. The molecule has 1 aliphatic rings. The predicted molar refractivity (Wildman–Crippen MR) is 88.0 cm³/mol. The van der Waals surface area contributed by atoms with Crippen LogP contribution in [0.5, 0.6) is 5.75 Å². The number of esters is 1. The normalized spacial score (nSPS) is 17.5. The fourth-order valence-electron chi connectivity index (χ4n) is 2.92. The highest BCUT2D eigenvalue weighted by atomic mass is 19.4. The van der Waals surface area contributed by atoms with Gasteiger partial charge in [-0.25, -0.2) is 4.79 Å². The maximum absolute atomic E-state index is 12.5. The first-order chi connectivity index (χ1) is 12.5. The molecule has 7 nitrogen and oxygen atoms in total. The van der Waals surface area contributed by atoms with Crippen molar-refractivity contribution in [1.29, 1.82) is 0 Å². The van der Waals surface area contributed by atoms with Crippen molar-refractivity contribution < 1.29 is 32.4 Å². The van der Waals surface area contributed by atoms with Crippen molar-refractivity contribution >= 4 is 5.97 Å².